The van der Waals surface area contributed by atoms with Gasteiger partial charge in [0.05, 0.1) is 6.61 Å². The third-order valence-electron chi connectivity index (χ3n) is 7.51. The fraction of sp³-hybridized carbons (Fsp3) is 0.103. The zero-order chi connectivity index (χ0) is 39.0. The molecule has 278 valence electrons. The number of anilines is 2. The van der Waals surface area contributed by atoms with E-state index in [1.54, 1.807) is 66.0 Å². The minimum atomic E-state index is -5.76. The van der Waals surface area contributed by atoms with Crippen molar-refractivity contribution >= 4 is 46.9 Å². The minimum Gasteiger partial charge on any atom is -0.494 e. The standard InChI is InChI=1S/C39H28F7N3O4S/c1-2-53-26-18-16-22(17-19-26)20-28(48-36(50)24-12-7-4-8-13-24)37(51)47-25-14-9-15-27(21-25)54-35(23-10-5-3-6-11-23)38(52)49-34-32(42)30(40)29(39(44,45)46)31(41)33(34)43/h3-21,35H,2H2,1H3,(H,47,51)(H,48,50)(H,49,52)/b28-20+. The maximum atomic E-state index is 14.7. The number of amides is 3. The number of hydrogen-bond acceptors (Lipinski definition) is 5. The first-order chi connectivity index (χ1) is 25.8. The van der Waals surface area contributed by atoms with Crippen molar-refractivity contribution in [1.82, 2.24) is 5.32 Å². The summed E-state index contributed by atoms with van der Waals surface area (Å²) in [5.74, 6) is -12.3. The molecule has 0 bridgehead atoms. The van der Waals surface area contributed by atoms with E-state index >= 15 is 0 Å². The van der Waals surface area contributed by atoms with Gasteiger partial charge in [0.25, 0.3) is 11.8 Å². The van der Waals surface area contributed by atoms with Crippen LogP contribution >= 0.6 is 11.8 Å². The highest BCUT2D eigenvalue weighted by Gasteiger charge is 2.43. The van der Waals surface area contributed by atoms with Crippen molar-refractivity contribution in [2.24, 2.45) is 0 Å². The maximum Gasteiger partial charge on any atom is 0.422 e. The van der Waals surface area contributed by atoms with E-state index in [1.807, 2.05) is 6.92 Å². The number of thioether (sulfide) groups is 1. The van der Waals surface area contributed by atoms with Crippen molar-refractivity contribution < 1.29 is 49.9 Å². The highest BCUT2D eigenvalue weighted by Crippen LogP contribution is 2.41. The van der Waals surface area contributed by atoms with Crippen LogP contribution in [0.3, 0.4) is 0 Å². The highest BCUT2D eigenvalue weighted by molar-refractivity contribution is 8.00. The van der Waals surface area contributed by atoms with Crippen LogP contribution in [0.15, 0.2) is 120 Å². The number of rotatable bonds is 12. The quantitative estimate of drug-likeness (QED) is 0.0509. The van der Waals surface area contributed by atoms with E-state index < -0.39 is 63.7 Å². The SMILES string of the molecule is CCOc1ccc(/C=C(/NC(=O)c2ccccc2)C(=O)Nc2cccc(SC(C(=O)Nc3c(F)c(F)c(C(F)(F)F)c(F)c3F)c3ccccc3)c2)cc1. The van der Waals surface area contributed by atoms with Crippen LogP contribution in [-0.4, -0.2) is 24.3 Å². The topological polar surface area (TPSA) is 96.5 Å². The van der Waals surface area contributed by atoms with Crippen LogP contribution in [0.25, 0.3) is 6.08 Å². The maximum absolute atomic E-state index is 14.7. The molecule has 0 heterocycles. The number of carbonyl (C=O) groups excluding carboxylic acids is 3. The lowest BCUT2D eigenvalue weighted by Crippen LogP contribution is -2.30. The summed E-state index contributed by atoms with van der Waals surface area (Å²) in [7, 11) is 0. The first-order valence-electron chi connectivity index (χ1n) is 15.9. The summed E-state index contributed by atoms with van der Waals surface area (Å²) in [6.45, 7) is 2.27. The summed E-state index contributed by atoms with van der Waals surface area (Å²) < 4.78 is 103. The zero-order valence-electron chi connectivity index (χ0n) is 27.9. The van der Waals surface area contributed by atoms with Crippen LogP contribution in [0, 0.1) is 23.3 Å². The van der Waals surface area contributed by atoms with E-state index in [2.05, 4.69) is 10.6 Å². The molecule has 1 atom stereocenters. The molecule has 0 fully saturated rings. The van der Waals surface area contributed by atoms with Crippen LogP contribution in [0.2, 0.25) is 0 Å². The lowest BCUT2D eigenvalue weighted by molar-refractivity contribution is -0.143. The van der Waals surface area contributed by atoms with Gasteiger partial charge >= 0.3 is 6.18 Å². The molecule has 0 aliphatic carbocycles. The van der Waals surface area contributed by atoms with Gasteiger partial charge < -0.3 is 20.7 Å². The molecule has 3 N–H and O–H groups in total. The molecule has 0 aliphatic rings. The lowest BCUT2D eigenvalue weighted by atomic mass is 10.1. The fourth-order valence-corrected chi connectivity index (χ4v) is 6.08. The van der Waals surface area contributed by atoms with Crippen LogP contribution in [0.5, 0.6) is 5.75 Å². The molecule has 54 heavy (non-hydrogen) atoms. The summed E-state index contributed by atoms with van der Waals surface area (Å²) in [6, 6.07) is 28.5. The van der Waals surface area contributed by atoms with E-state index in [4.69, 9.17) is 4.74 Å². The van der Waals surface area contributed by atoms with Gasteiger partial charge in [-0.25, -0.2) is 17.6 Å². The van der Waals surface area contributed by atoms with Crippen molar-refractivity contribution in [1.29, 1.82) is 0 Å². The molecule has 7 nitrogen and oxygen atoms in total. The smallest absolute Gasteiger partial charge is 0.422 e. The molecule has 0 radical (unpaired) electrons. The van der Waals surface area contributed by atoms with E-state index in [9.17, 15) is 45.1 Å². The molecule has 0 spiro atoms. The molecule has 5 aromatic carbocycles. The predicted octanol–water partition coefficient (Wildman–Crippen LogP) is 9.54. The molecule has 0 saturated heterocycles. The second-order valence-corrected chi connectivity index (χ2v) is 12.4. The zero-order valence-corrected chi connectivity index (χ0v) is 28.8. The van der Waals surface area contributed by atoms with Crippen molar-refractivity contribution in [3.05, 3.63) is 160 Å². The summed E-state index contributed by atoms with van der Waals surface area (Å²) in [6.07, 6.45) is -4.31. The Hall–Kier alpha value is -6.09. The summed E-state index contributed by atoms with van der Waals surface area (Å²) in [4.78, 5) is 40.5. The minimum absolute atomic E-state index is 0.132. The Morgan fingerprint density at radius 2 is 1.37 bits per heavy atom. The Labute approximate surface area is 308 Å². The Morgan fingerprint density at radius 3 is 1.96 bits per heavy atom. The van der Waals surface area contributed by atoms with E-state index in [1.165, 1.54) is 54.6 Å². The highest BCUT2D eigenvalue weighted by atomic mass is 32.2. The largest absolute Gasteiger partial charge is 0.494 e. The van der Waals surface area contributed by atoms with Crippen LogP contribution < -0.4 is 20.7 Å². The van der Waals surface area contributed by atoms with Gasteiger partial charge in [0.15, 0.2) is 23.3 Å². The van der Waals surface area contributed by atoms with Crippen molar-refractivity contribution in [2.45, 2.75) is 23.2 Å². The van der Waals surface area contributed by atoms with Gasteiger partial charge in [0, 0.05) is 16.1 Å². The number of ether oxygens (including phenoxy) is 1. The molecular weight excluding hydrogens is 739 g/mol. The molecule has 3 amide bonds. The van der Waals surface area contributed by atoms with Gasteiger partial charge in [-0.3, -0.25) is 14.4 Å². The molecule has 5 rings (SSSR count). The predicted molar refractivity (Wildman–Crippen MR) is 190 cm³/mol. The third-order valence-corrected chi connectivity index (χ3v) is 8.76. The lowest BCUT2D eigenvalue weighted by Gasteiger charge is -2.19. The summed E-state index contributed by atoms with van der Waals surface area (Å²) in [5.41, 5.74) is -3.38. The summed E-state index contributed by atoms with van der Waals surface area (Å²) in [5, 5.41) is 5.62. The van der Waals surface area contributed by atoms with Crippen LogP contribution in [0.4, 0.5) is 42.1 Å². The molecule has 15 heteroatoms. The molecule has 0 saturated carbocycles. The van der Waals surface area contributed by atoms with E-state index in [-0.39, 0.29) is 22.5 Å². The molecule has 5 aromatic rings. The Bertz CT molecular complexity index is 2150. The number of halogens is 7. The van der Waals surface area contributed by atoms with E-state index in [0.29, 0.717) is 22.8 Å². The molecule has 0 aliphatic heterocycles. The first kappa shape index (κ1) is 39.1. The van der Waals surface area contributed by atoms with Crippen LogP contribution in [0.1, 0.15) is 39.2 Å². The first-order valence-corrected chi connectivity index (χ1v) is 16.8. The van der Waals surface area contributed by atoms with Gasteiger partial charge in [-0.05, 0) is 66.6 Å². The molecule has 1 unspecified atom stereocenters. The van der Waals surface area contributed by atoms with Crippen molar-refractivity contribution in [3.63, 3.8) is 0 Å². The number of alkyl halides is 3. The van der Waals surface area contributed by atoms with Crippen LogP contribution in [-0.2, 0) is 15.8 Å². The Morgan fingerprint density at radius 1 is 0.759 bits per heavy atom. The normalized spacial score (nSPS) is 12.1. The summed E-state index contributed by atoms with van der Waals surface area (Å²) >= 11 is 0.790. The average Bonchev–Trinajstić information content (AvgIpc) is 3.15. The van der Waals surface area contributed by atoms with Gasteiger partial charge in [-0.1, -0.05) is 66.7 Å². The molecular formula is C39H28F7N3O4S. The number of nitrogens with one attached hydrogen (secondary N) is 3. The molecule has 0 aromatic heterocycles. The van der Waals surface area contributed by atoms with E-state index in [0.717, 1.165) is 11.8 Å². The van der Waals surface area contributed by atoms with Gasteiger partial charge in [-0.2, -0.15) is 13.2 Å². The Kier molecular flexibility index (Phi) is 12.4. The number of benzene rings is 5. The monoisotopic (exact) mass is 767 g/mol. The number of hydrogen-bond donors (Lipinski definition) is 3. The third kappa shape index (κ3) is 9.46. The second-order valence-electron chi connectivity index (χ2n) is 11.3. The number of carbonyl (C=O) groups is 3. The van der Waals surface area contributed by atoms with Crippen molar-refractivity contribution in [2.75, 3.05) is 17.2 Å². The van der Waals surface area contributed by atoms with Gasteiger partial charge in [-0.15, -0.1) is 11.8 Å². The Balaban J connectivity index is 1.42. The van der Waals surface area contributed by atoms with Gasteiger partial charge in [0.2, 0.25) is 5.91 Å². The average molecular weight is 768 g/mol. The van der Waals surface area contributed by atoms with Crippen molar-refractivity contribution in [3.8, 4) is 5.75 Å². The second kappa shape index (κ2) is 17.2. The fourth-order valence-electron chi connectivity index (χ4n) is 5.00. The van der Waals surface area contributed by atoms with Gasteiger partial charge in [0.1, 0.15) is 27.9 Å².